The Balaban J connectivity index is 1.94. The Morgan fingerprint density at radius 1 is 1.07 bits per heavy atom. The molecule has 0 aromatic heterocycles. The standard InChI is InChI=1S/C17H18ClN3O5S/c1-21(2)27(24,25)13-7-5-6-12(10-13)17(23)20-19-16(22)11-26-15-9-4-3-8-14(15)18/h3-10H,11H2,1-2H3,(H,19,22)(H,20,23). The van der Waals surface area contributed by atoms with E-state index in [4.69, 9.17) is 16.3 Å². The molecular formula is C17H18ClN3O5S. The summed E-state index contributed by atoms with van der Waals surface area (Å²) in [4.78, 5) is 23.9. The molecule has 10 heteroatoms. The molecule has 0 radical (unpaired) electrons. The molecule has 0 aliphatic rings. The molecular weight excluding hydrogens is 394 g/mol. The van der Waals surface area contributed by atoms with Gasteiger partial charge in [-0.05, 0) is 30.3 Å². The van der Waals surface area contributed by atoms with E-state index in [9.17, 15) is 18.0 Å². The largest absolute Gasteiger partial charge is 0.482 e. The lowest BCUT2D eigenvalue weighted by atomic mass is 10.2. The monoisotopic (exact) mass is 411 g/mol. The molecule has 0 atom stereocenters. The molecule has 0 aliphatic heterocycles. The third-order valence-corrected chi connectivity index (χ3v) is 5.51. The fourth-order valence-electron chi connectivity index (χ4n) is 1.95. The van der Waals surface area contributed by atoms with Crippen molar-refractivity contribution in [2.45, 2.75) is 4.90 Å². The van der Waals surface area contributed by atoms with Crippen molar-refractivity contribution in [2.75, 3.05) is 20.7 Å². The molecule has 0 saturated carbocycles. The van der Waals surface area contributed by atoms with Crippen LogP contribution >= 0.6 is 11.6 Å². The second-order valence-electron chi connectivity index (χ2n) is 5.54. The van der Waals surface area contributed by atoms with Gasteiger partial charge in [-0.15, -0.1) is 0 Å². The van der Waals surface area contributed by atoms with Crippen LogP contribution in [0.25, 0.3) is 0 Å². The van der Waals surface area contributed by atoms with Crippen LogP contribution in [0.15, 0.2) is 53.4 Å². The van der Waals surface area contributed by atoms with Crippen molar-refractivity contribution in [1.29, 1.82) is 0 Å². The number of ether oxygens (including phenoxy) is 1. The molecule has 0 fully saturated rings. The van der Waals surface area contributed by atoms with E-state index < -0.39 is 21.8 Å². The Bertz CT molecular complexity index is 947. The number of nitrogens with one attached hydrogen (secondary N) is 2. The van der Waals surface area contributed by atoms with E-state index in [-0.39, 0.29) is 17.1 Å². The van der Waals surface area contributed by atoms with Gasteiger partial charge in [0.05, 0.1) is 9.92 Å². The van der Waals surface area contributed by atoms with Crippen LogP contribution in [0.4, 0.5) is 0 Å². The number of halogens is 1. The Morgan fingerprint density at radius 2 is 1.78 bits per heavy atom. The van der Waals surface area contributed by atoms with Crippen LogP contribution in [0.1, 0.15) is 10.4 Å². The highest BCUT2D eigenvalue weighted by Gasteiger charge is 2.19. The van der Waals surface area contributed by atoms with Gasteiger partial charge >= 0.3 is 0 Å². The van der Waals surface area contributed by atoms with Crippen LogP contribution in [0.2, 0.25) is 5.02 Å². The molecule has 27 heavy (non-hydrogen) atoms. The molecule has 0 unspecified atom stereocenters. The van der Waals surface area contributed by atoms with Crippen molar-refractivity contribution in [3.8, 4) is 5.75 Å². The molecule has 0 aliphatic carbocycles. The van der Waals surface area contributed by atoms with Gasteiger partial charge in [-0.1, -0.05) is 29.8 Å². The van der Waals surface area contributed by atoms with E-state index in [0.29, 0.717) is 10.8 Å². The Kier molecular flexibility index (Phi) is 6.78. The maximum atomic E-state index is 12.1. The van der Waals surface area contributed by atoms with Crippen LogP contribution in [0, 0.1) is 0 Å². The highest BCUT2D eigenvalue weighted by Crippen LogP contribution is 2.22. The van der Waals surface area contributed by atoms with Gasteiger partial charge in [0.1, 0.15) is 5.75 Å². The lowest BCUT2D eigenvalue weighted by molar-refractivity contribution is -0.123. The minimum atomic E-state index is -3.67. The van der Waals surface area contributed by atoms with Crippen LogP contribution in [0.5, 0.6) is 5.75 Å². The number of carbonyl (C=O) groups is 2. The third-order valence-electron chi connectivity index (χ3n) is 3.39. The van der Waals surface area contributed by atoms with E-state index in [1.54, 1.807) is 24.3 Å². The summed E-state index contributed by atoms with van der Waals surface area (Å²) in [6, 6.07) is 12.1. The molecule has 8 nitrogen and oxygen atoms in total. The molecule has 2 rings (SSSR count). The van der Waals surface area contributed by atoms with Crippen molar-refractivity contribution in [1.82, 2.24) is 15.2 Å². The van der Waals surface area contributed by atoms with Gasteiger partial charge in [-0.2, -0.15) is 0 Å². The van der Waals surface area contributed by atoms with Gasteiger partial charge < -0.3 is 4.74 Å². The van der Waals surface area contributed by atoms with Crippen molar-refractivity contribution in [3.05, 3.63) is 59.1 Å². The van der Waals surface area contributed by atoms with Crippen molar-refractivity contribution in [3.63, 3.8) is 0 Å². The fourth-order valence-corrected chi connectivity index (χ4v) is 3.09. The topological polar surface area (TPSA) is 105 Å². The van der Waals surface area contributed by atoms with E-state index >= 15 is 0 Å². The second-order valence-corrected chi connectivity index (χ2v) is 8.10. The number of hydrogen-bond donors (Lipinski definition) is 2. The molecule has 144 valence electrons. The minimum Gasteiger partial charge on any atom is -0.482 e. The Morgan fingerprint density at radius 3 is 2.44 bits per heavy atom. The maximum absolute atomic E-state index is 12.1. The minimum absolute atomic E-state index is 0.0338. The van der Waals surface area contributed by atoms with Crippen molar-refractivity contribution < 1.29 is 22.7 Å². The lowest BCUT2D eigenvalue weighted by Crippen LogP contribution is -2.43. The van der Waals surface area contributed by atoms with Gasteiger partial charge in [0.2, 0.25) is 10.0 Å². The van der Waals surface area contributed by atoms with Gasteiger partial charge in [0, 0.05) is 19.7 Å². The number of benzene rings is 2. The van der Waals surface area contributed by atoms with Gasteiger partial charge in [-0.25, -0.2) is 12.7 Å². The van der Waals surface area contributed by atoms with E-state index in [1.165, 1.54) is 38.4 Å². The average Bonchev–Trinajstić information content (AvgIpc) is 2.65. The normalized spacial score (nSPS) is 11.1. The molecule has 0 saturated heterocycles. The van der Waals surface area contributed by atoms with Gasteiger partial charge in [0.25, 0.3) is 11.8 Å². The lowest BCUT2D eigenvalue weighted by Gasteiger charge is -2.13. The number of amides is 2. The summed E-state index contributed by atoms with van der Waals surface area (Å²) in [6.07, 6.45) is 0. The molecule has 2 N–H and O–H groups in total. The highest BCUT2D eigenvalue weighted by atomic mass is 35.5. The zero-order chi connectivity index (χ0) is 20.0. The summed E-state index contributed by atoms with van der Waals surface area (Å²) < 4.78 is 30.5. The molecule has 0 bridgehead atoms. The molecule has 2 aromatic rings. The second kappa shape index (κ2) is 8.85. The molecule has 0 spiro atoms. The number of sulfonamides is 1. The van der Waals surface area contributed by atoms with Gasteiger partial charge in [-0.3, -0.25) is 20.4 Å². The van der Waals surface area contributed by atoms with Crippen LogP contribution in [0.3, 0.4) is 0 Å². The first-order chi connectivity index (χ1) is 12.7. The number of hydrogen-bond acceptors (Lipinski definition) is 5. The summed E-state index contributed by atoms with van der Waals surface area (Å²) in [6.45, 7) is -0.362. The quantitative estimate of drug-likeness (QED) is 0.699. The van der Waals surface area contributed by atoms with Crippen LogP contribution in [-0.2, 0) is 14.8 Å². The molecule has 0 heterocycles. The van der Waals surface area contributed by atoms with E-state index in [0.717, 1.165) is 4.31 Å². The van der Waals surface area contributed by atoms with E-state index in [2.05, 4.69) is 10.9 Å². The predicted octanol–water partition coefficient (Wildman–Crippen LogP) is 1.43. The SMILES string of the molecule is CN(C)S(=O)(=O)c1cccc(C(=O)NNC(=O)COc2ccccc2Cl)c1. The summed E-state index contributed by atoms with van der Waals surface area (Å²) in [5.41, 5.74) is 4.46. The first-order valence-electron chi connectivity index (χ1n) is 7.71. The Hall–Kier alpha value is -2.62. The molecule has 2 amide bonds. The summed E-state index contributed by atoms with van der Waals surface area (Å²) in [5.74, 6) is -0.945. The first kappa shape index (κ1) is 20.7. The zero-order valence-corrected chi connectivity index (χ0v) is 16.2. The molecule has 2 aromatic carbocycles. The summed E-state index contributed by atoms with van der Waals surface area (Å²) in [7, 11) is -0.894. The van der Waals surface area contributed by atoms with E-state index in [1.807, 2.05) is 0 Å². The zero-order valence-electron chi connectivity index (χ0n) is 14.6. The third kappa shape index (κ3) is 5.43. The fraction of sp³-hybridized carbons (Fsp3) is 0.176. The smallest absolute Gasteiger partial charge is 0.276 e. The number of para-hydroxylation sites is 1. The van der Waals surface area contributed by atoms with Gasteiger partial charge in [0.15, 0.2) is 6.61 Å². The number of carbonyl (C=O) groups excluding carboxylic acids is 2. The summed E-state index contributed by atoms with van der Waals surface area (Å²) in [5, 5.41) is 0.355. The summed E-state index contributed by atoms with van der Waals surface area (Å²) >= 11 is 5.91. The highest BCUT2D eigenvalue weighted by molar-refractivity contribution is 7.89. The maximum Gasteiger partial charge on any atom is 0.276 e. The number of hydrazine groups is 1. The number of rotatable bonds is 6. The van der Waals surface area contributed by atoms with Crippen molar-refractivity contribution >= 4 is 33.4 Å². The first-order valence-corrected chi connectivity index (χ1v) is 9.52. The Labute approximate surface area is 162 Å². The van der Waals surface area contributed by atoms with Crippen LogP contribution < -0.4 is 15.6 Å². The predicted molar refractivity (Wildman–Crippen MR) is 99.9 cm³/mol. The average molecular weight is 412 g/mol. The van der Waals surface area contributed by atoms with Crippen LogP contribution in [-0.4, -0.2) is 45.2 Å². The number of nitrogens with zero attached hydrogens (tertiary/aromatic N) is 1. The van der Waals surface area contributed by atoms with Crippen molar-refractivity contribution in [2.24, 2.45) is 0 Å².